The third-order valence-corrected chi connectivity index (χ3v) is 5.30. The van der Waals surface area contributed by atoms with Gasteiger partial charge in [0.15, 0.2) is 0 Å². The van der Waals surface area contributed by atoms with Crippen LogP contribution in [-0.2, 0) is 22.3 Å². The smallest absolute Gasteiger partial charge is 0.258 e. The molecule has 9 heteroatoms. The fourth-order valence-corrected chi connectivity index (χ4v) is 4.00. The van der Waals surface area contributed by atoms with Crippen molar-refractivity contribution < 1.29 is 13.3 Å². The fraction of sp³-hybridized carbons (Fsp3) is 0.308. The van der Waals surface area contributed by atoms with Gasteiger partial charge in [-0.3, -0.25) is 10.1 Å². The number of hydrogen-bond donors (Lipinski definition) is 1. The molecule has 7 nitrogen and oxygen atoms in total. The first-order valence-corrected chi connectivity index (χ1v) is 8.87. The molecule has 1 aromatic carbocycles. The summed E-state index contributed by atoms with van der Waals surface area (Å²) in [5, 5.41) is 11.6. The molecule has 0 spiro atoms. The van der Waals surface area contributed by atoms with Crippen molar-refractivity contribution in [1.29, 1.82) is 0 Å². The van der Waals surface area contributed by atoms with E-state index in [1.165, 1.54) is 29.5 Å². The second kappa shape index (κ2) is 6.51. The third-order valence-electron chi connectivity index (χ3n) is 2.93. The lowest BCUT2D eigenvalue weighted by Crippen LogP contribution is -2.24. The van der Waals surface area contributed by atoms with E-state index >= 15 is 0 Å². The quantitative estimate of drug-likeness (QED) is 0.641. The second-order valence-corrected chi connectivity index (χ2v) is 7.84. The van der Waals surface area contributed by atoms with Crippen LogP contribution in [0.1, 0.15) is 21.1 Å². The topological polar surface area (TPSA) is 102 Å². The highest BCUT2D eigenvalue weighted by Gasteiger charge is 2.15. The molecule has 0 amide bonds. The summed E-state index contributed by atoms with van der Waals surface area (Å²) in [4.78, 5) is 15.3. The zero-order valence-electron chi connectivity index (χ0n) is 12.1. The highest BCUT2D eigenvalue weighted by molar-refractivity contribution is 7.88. The summed E-state index contributed by atoms with van der Waals surface area (Å²) in [7, 11) is -3.58. The van der Waals surface area contributed by atoms with Gasteiger partial charge in [-0.2, -0.15) is 0 Å². The van der Waals surface area contributed by atoms with Crippen LogP contribution in [-0.4, -0.2) is 18.3 Å². The van der Waals surface area contributed by atoms with Crippen molar-refractivity contribution in [3.8, 4) is 0 Å². The van der Waals surface area contributed by atoms with Crippen LogP contribution in [0.15, 0.2) is 24.3 Å². The molecule has 2 aromatic rings. The molecule has 0 aliphatic rings. The van der Waals surface area contributed by atoms with Crippen LogP contribution < -0.4 is 4.72 Å². The summed E-state index contributed by atoms with van der Waals surface area (Å²) in [6, 6.07) is 5.61. The zero-order chi connectivity index (χ0) is 16.3. The van der Waals surface area contributed by atoms with E-state index < -0.39 is 14.9 Å². The van der Waals surface area contributed by atoms with Crippen molar-refractivity contribution in [1.82, 2.24) is 9.71 Å². The lowest BCUT2D eigenvalue weighted by molar-refractivity contribution is -0.384. The number of thiazole rings is 1. The molecule has 2 rings (SSSR count). The van der Waals surface area contributed by atoms with Crippen LogP contribution in [0, 0.1) is 24.0 Å². The number of nitro benzene ring substituents is 1. The molecule has 1 aromatic heterocycles. The van der Waals surface area contributed by atoms with Gasteiger partial charge >= 0.3 is 0 Å². The highest BCUT2D eigenvalue weighted by Crippen LogP contribution is 2.18. The van der Waals surface area contributed by atoms with Gasteiger partial charge in [0.25, 0.3) is 5.69 Å². The maximum atomic E-state index is 12.1. The van der Waals surface area contributed by atoms with Gasteiger partial charge in [-0.25, -0.2) is 18.1 Å². The van der Waals surface area contributed by atoms with Gasteiger partial charge < -0.3 is 0 Å². The van der Waals surface area contributed by atoms with Gasteiger partial charge in [-0.1, -0.05) is 12.1 Å². The zero-order valence-corrected chi connectivity index (χ0v) is 13.7. The Morgan fingerprint density at radius 3 is 2.68 bits per heavy atom. The van der Waals surface area contributed by atoms with Gasteiger partial charge in [0.2, 0.25) is 10.0 Å². The molecule has 1 heterocycles. The number of non-ortho nitro benzene ring substituents is 1. The van der Waals surface area contributed by atoms with E-state index in [-0.39, 0.29) is 18.0 Å². The number of nitro groups is 1. The Morgan fingerprint density at radius 2 is 2.09 bits per heavy atom. The van der Waals surface area contributed by atoms with Crippen molar-refractivity contribution in [2.24, 2.45) is 0 Å². The van der Waals surface area contributed by atoms with E-state index in [0.717, 1.165) is 15.6 Å². The standard InChI is InChI=1S/C13H15N3O4S2/c1-9-13(21-10(2)15-9)7-14-22(19,20)8-11-4-3-5-12(6-11)16(17)18/h3-6,14H,7-8H2,1-2H3. The molecular formula is C13H15N3O4S2. The second-order valence-electron chi connectivity index (χ2n) is 4.75. The lowest BCUT2D eigenvalue weighted by Gasteiger charge is -2.06. The fourth-order valence-electron chi connectivity index (χ4n) is 1.94. The van der Waals surface area contributed by atoms with Crippen molar-refractivity contribution in [3.05, 3.63) is 55.5 Å². The third kappa shape index (κ3) is 4.33. The molecule has 0 radical (unpaired) electrons. The van der Waals surface area contributed by atoms with Gasteiger partial charge in [-0.05, 0) is 19.4 Å². The molecular weight excluding hydrogens is 326 g/mol. The van der Waals surface area contributed by atoms with Crippen molar-refractivity contribution in [3.63, 3.8) is 0 Å². The van der Waals surface area contributed by atoms with E-state index in [1.54, 1.807) is 6.07 Å². The maximum absolute atomic E-state index is 12.1. The molecule has 0 unspecified atom stereocenters. The van der Waals surface area contributed by atoms with Gasteiger partial charge in [0.05, 0.1) is 21.4 Å². The number of rotatable bonds is 6. The number of nitrogens with zero attached hydrogens (tertiary/aromatic N) is 2. The molecule has 0 fully saturated rings. The van der Waals surface area contributed by atoms with Gasteiger partial charge in [0, 0.05) is 23.6 Å². The summed E-state index contributed by atoms with van der Waals surface area (Å²) in [5.41, 5.74) is 1.06. The largest absolute Gasteiger partial charge is 0.269 e. The first-order chi connectivity index (χ1) is 10.3. The van der Waals surface area contributed by atoms with Crippen molar-refractivity contribution >= 4 is 27.0 Å². The lowest BCUT2D eigenvalue weighted by atomic mass is 10.2. The Labute approximate surface area is 132 Å². The number of hydrogen-bond acceptors (Lipinski definition) is 6. The van der Waals surface area contributed by atoms with Crippen LogP contribution in [0.25, 0.3) is 0 Å². The summed E-state index contributed by atoms with van der Waals surface area (Å²) in [5.74, 6) is -0.300. The minimum atomic E-state index is -3.58. The SMILES string of the molecule is Cc1nc(C)c(CNS(=O)(=O)Cc2cccc([N+](=O)[O-])c2)s1. The summed E-state index contributed by atoms with van der Waals surface area (Å²) in [6.07, 6.45) is 0. The molecule has 0 aliphatic heterocycles. The molecule has 0 saturated carbocycles. The van der Waals surface area contributed by atoms with E-state index in [0.29, 0.717) is 5.56 Å². The van der Waals surface area contributed by atoms with Crippen LogP contribution in [0.4, 0.5) is 5.69 Å². The van der Waals surface area contributed by atoms with Crippen LogP contribution in [0.2, 0.25) is 0 Å². The Hall–Kier alpha value is -1.84. The van der Waals surface area contributed by atoms with E-state index in [4.69, 9.17) is 0 Å². The van der Waals surface area contributed by atoms with Crippen LogP contribution in [0.3, 0.4) is 0 Å². The molecule has 0 saturated heterocycles. The van der Waals surface area contributed by atoms with Crippen LogP contribution in [0.5, 0.6) is 0 Å². The van der Waals surface area contributed by atoms with Gasteiger partial charge in [-0.15, -0.1) is 11.3 Å². The molecule has 1 N–H and O–H groups in total. The highest BCUT2D eigenvalue weighted by atomic mass is 32.2. The predicted molar refractivity (Wildman–Crippen MR) is 84.1 cm³/mol. The average Bonchev–Trinajstić information content (AvgIpc) is 2.74. The Kier molecular flexibility index (Phi) is 4.89. The normalized spacial score (nSPS) is 11.5. The molecule has 0 bridgehead atoms. The molecule has 118 valence electrons. The number of nitrogens with one attached hydrogen (secondary N) is 1. The Bertz CT molecular complexity index is 799. The molecule has 0 atom stereocenters. The summed E-state index contributed by atoms with van der Waals surface area (Å²) >= 11 is 1.44. The van der Waals surface area contributed by atoms with E-state index in [1.807, 2.05) is 13.8 Å². The van der Waals surface area contributed by atoms with Gasteiger partial charge in [0.1, 0.15) is 0 Å². The predicted octanol–water partition coefficient (Wildman–Crippen LogP) is 2.29. The summed E-state index contributed by atoms with van der Waals surface area (Å²) < 4.78 is 26.7. The molecule has 22 heavy (non-hydrogen) atoms. The van der Waals surface area contributed by atoms with Crippen molar-refractivity contribution in [2.75, 3.05) is 0 Å². The van der Waals surface area contributed by atoms with Crippen molar-refractivity contribution in [2.45, 2.75) is 26.1 Å². The van der Waals surface area contributed by atoms with Crippen LogP contribution >= 0.6 is 11.3 Å². The average molecular weight is 341 g/mol. The molecule has 0 aliphatic carbocycles. The minimum absolute atomic E-state index is 0.123. The maximum Gasteiger partial charge on any atom is 0.269 e. The Morgan fingerprint density at radius 1 is 1.36 bits per heavy atom. The minimum Gasteiger partial charge on any atom is -0.258 e. The number of aromatic nitrogens is 1. The number of benzene rings is 1. The first-order valence-electron chi connectivity index (χ1n) is 6.40. The van der Waals surface area contributed by atoms with E-state index in [2.05, 4.69) is 9.71 Å². The number of aryl methyl sites for hydroxylation is 2. The monoisotopic (exact) mass is 341 g/mol. The van der Waals surface area contributed by atoms with E-state index in [9.17, 15) is 18.5 Å². The summed E-state index contributed by atoms with van der Waals surface area (Å²) in [6.45, 7) is 3.86. The first kappa shape index (κ1) is 16.5. The number of sulfonamides is 1. The Balaban J connectivity index is 2.06.